The molecule has 0 atom stereocenters. The second-order valence-electron chi connectivity index (χ2n) is 7.72. The zero-order valence-electron chi connectivity index (χ0n) is 19.1. The summed E-state index contributed by atoms with van der Waals surface area (Å²) in [7, 11) is 0. The average Bonchev–Trinajstić information content (AvgIpc) is 3.11. The minimum absolute atomic E-state index is 0.107. The van der Waals surface area contributed by atoms with Gasteiger partial charge in [0.05, 0.1) is 9.93 Å². The average molecular weight is 540 g/mol. The highest BCUT2D eigenvalue weighted by Crippen LogP contribution is 2.33. The van der Waals surface area contributed by atoms with Gasteiger partial charge in [0.2, 0.25) is 5.91 Å². The largest absolute Gasteiger partial charge is 0.482 e. The zero-order valence-corrected chi connectivity index (χ0v) is 20.6. The molecule has 0 spiro atoms. The Morgan fingerprint density at radius 1 is 0.946 bits per heavy atom. The van der Waals surface area contributed by atoms with Crippen molar-refractivity contribution in [1.29, 1.82) is 0 Å². The summed E-state index contributed by atoms with van der Waals surface area (Å²) in [6.45, 7) is -0.776. The second kappa shape index (κ2) is 11.7. The third-order valence-electron chi connectivity index (χ3n) is 4.95. The molecule has 4 amide bonds. The maximum atomic E-state index is 13.3. The highest BCUT2D eigenvalue weighted by atomic mass is 35.5. The molecule has 1 aliphatic rings. The molecule has 37 heavy (non-hydrogen) atoms. The maximum absolute atomic E-state index is 13.3. The van der Waals surface area contributed by atoms with Gasteiger partial charge in [0.15, 0.2) is 6.61 Å². The van der Waals surface area contributed by atoms with Crippen LogP contribution in [0.2, 0.25) is 5.02 Å². The van der Waals surface area contributed by atoms with Crippen LogP contribution in [-0.4, -0.2) is 41.0 Å². The van der Waals surface area contributed by atoms with Crippen molar-refractivity contribution in [2.75, 3.05) is 23.8 Å². The van der Waals surface area contributed by atoms with Crippen LogP contribution in [0.3, 0.4) is 0 Å². The van der Waals surface area contributed by atoms with Crippen LogP contribution in [0.5, 0.6) is 5.75 Å². The van der Waals surface area contributed by atoms with Gasteiger partial charge in [-0.3, -0.25) is 24.1 Å². The van der Waals surface area contributed by atoms with Crippen molar-refractivity contribution in [1.82, 2.24) is 4.90 Å². The van der Waals surface area contributed by atoms with Crippen molar-refractivity contribution in [3.05, 3.63) is 94.1 Å². The van der Waals surface area contributed by atoms with Crippen molar-refractivity contribution < 1.29 is 28.3 Å². The van der Waals surface area contributed by atoms with Crippen LogP contribution >= 0.6 is 23.4 Å². The molecule has 0 unspecified atom stereocenters. The first-order valence-corrected chi connectivity index (χ1v) is 12.1. The van der Waals surface area contributed by atoms with E-state index in [0.29, 0.717) is 23.0 Å². The number of nitrogens with one attached hydrogen (secondary N) is 2. The number of hydrogen-bond donors (Lipinski definition) is 2. The number of carbonyl (C=O) groups is 4. The molecule has 0 radical (unpaired) electrons. The number of carbonyl (C=O) groups excluding carboxylic acids is 4. The third-order valence-corrected chi connectivity index (χ3v) is 6.16. The number of ether oxygens (including phenoxy) is 1. The number of para-hydroxylation sites is 1. The highest BCUT2D eigenvalue weighted by molar-refractivity contribution is 8.18. The van der Waals surface area contributed by atoms with Crippen molar-refractivity contribution in [3.8, 4) is 5.75 Å². The van der Waals surface area contributed by atoms with Gasteiger partial charge >= 0.3 is 0 Å². The monoisotopic (exact) mass is 539 g/mol. The number of benzene rings is 3. The van der Waals surface area contributed by atoms with E-state index < -0.39 is 29.4 Å². The summed E-state index contributed by atoms with van der Waals surface area (Å²) in [5.74, 6) is -1.91. The predicted molar refractivity (Wildman–Crippen MR) is 140 cm³/mol. The van der Waals surface area contributed by atoms with Gasteiger partial charge in [-0.1, -0.05) is 41.9 Å². The number of thioether (sulfide) groups is 1. The first kappa shape index (κ1) is 25.9. The minimum atomic E-state index is -0.644. The second-order valence-corrected chi connectivity index (χ2v) is 9.12. The van der Waals surface area contributed by atoms with E-state index in [1.807, 2.05) is 6.07 Å². The van der Waals surface area contributed by atoms with Gasteiger partial charge in [0, 0.05) is 11.4 Å². The Bertz CT molecular complexity index is 1400. The Hall–Kier alpha value is -4.15. The Morgan fingerprint density at radius 2 is 1.68 bits per heavy atom. The maximum Gasteiger partial charge on any atom is 0.294 e. The van der Waals surface area contributed by atoms with Crippen molar-refractivity contribution >= 4 is 63.8 Å². The van der Waals surface area contributed by atoms with E-state index in [-0.39, 0.29) is 33.9 Å². The number of amides is 4. The first-order chi connectivity index (χ1) is 17.8. The van der Waals surface area contributed by atoms with E-state index >= 15 is 0 Å². The lowest BCUT2D eigenvalue weighted by Crippen LogP contribution is -2.36. The molecule has 0 saturated carbocycles. The fourth-order valence-electron chi connectivity index (χ4n) is 3.28. The summed E-state index contributed by atoms with van der Waals surface area (Å²) in [6.07, 6.45) is 1.47. The molecular formula is C26H19ClFN3O5S. The molecule has 2 N–H and O–H groups in total. The summed E-state index contributed by atoms with van der Waals surface area (Å²) < 4.78 is 18.8. The lowest BCUT2D eigenvalue weighted by molar-refractivity contribution is -0.127. The van der Waals surface area contributed by atoms with Gasteiger partial charge in [-0.25, -0.2) is 4.39 Å². The Kier molecular flexibility index (Phi) is 8.22. The van der Waals surface area contributed by atoms with Crippen molar-refractivity contribution in [2.24, 2.45) is 0 Å². The minimum Gasteiger partial charge on any atom is -0.482 e. The molecule has 0 aliphatic carbocycles. The Labute approximate surface area is 220 Å². The third kappa shape index (κ3) is 6.96. The fraction of sp³-hybridized carbons (Fsp3) is 0.0769. The summed E-state index contributed by atoms with van der Waals surface area (Å²) in [5.41, 5.74) is 1.36. The van der Waals surface area contributed by atoms with E-state index in [1.54, 1.807) is 36.4 Å². The van der Waals surface area contributed by atoms with E-state index in [1.165, 1.54) is 30.3 Å². The van der Waals surface area contributed by atoms with Gasteiger partial charge in [0.25, 0.3) is 17.1 Å². The van der Waals surface area contributed by atoms with Gasteiger partial charge in [-0.2, -0.15) is 0 Å². The van der Waals surface area contributed by atoms with E-state index in [9.17, 15) is 23.6 Å². The number of hydrogen-bond acceptors (Lipinski definition) is 6. The van der Waals surface area contributed by atoms with Crippen LogP contribution < -0.4 is 15.4 Å². The number of nitrogens with zero attached hydrogens (tertiary/aromatic N) is 1. The molecular weight excluding hydrogens is 521 g/mol. The standard InChI is InChI=1S/C26H19ClFN3O5S/c27-20-11-16(9-10-21(20)36-15-24(33)29-18-6-2-1-3-7-18)12-22-25(34)31(26(35)37-22)14-23(32)30-19-8-4-5-17(28)13-19/h1-13H,14-15H2,(H,29,33)(H,30,32)/b22-12+. The molecule has 11 heteroatoms. The molecule has 8 nitrogen and oxygen atoms in total. The number of anilines is 2. The summed E-state index contributed by atoms with van der Waals surface area (Å²) >= 11 is 6.96. The Balaban J connectivity index is 1.35. The Morgan fingerprint density at radius 3 is 2.41 bits per heavy atom. The smallest absolute Gasteiger partial charge is 0.294 e. The predicted octanol–water partition coefficient (Wildman–Crippen LogP) is 5.17. The van der Waals surface area contributed by atoms with Crippen LogP contribution in [-0.2, 0) is 14.4 Å². The topological polar surface area (TPSA) is 105 Å². The van der Waals surface area contributed by atoms with Gasteiger partial charge < -0.3 is 15.4 Å². The molecule has 3 aromatic rings. The summed E-state index contributed by atoms with van der Waals surface area (Å²) in [4.78, 5) is 50.3. The van der Waals surface area contributed by atoms with Crippen LogP contribution in [0.25, 0.3) is 6.08 Å². The molecule has 3 aromatic carbocycles. The lowest BCUT2D eigenvalue weighted by Gasteiger charge is -2.12. The SMILES string of the molecule is O=C(COc1ccc(/C=C2/SC(=O)N(CC(=O)Nc3cccc(F)c3)C2=O)cc1Cl)Nc1ccccc1. The molecule has 188 valence electrons. The van der Waals surface area contributed by atoms with Crippen LogP contribution in [0.1, 0.15) is 5.56 Å². The lowest BCUT2D eigenvalue weighted by atomic mass is 10.2. The normalized spacial score (nSPS) is 14.1. The molecule has 0 aromatic heterocycles. The summed E-state index contributed by atoms with van der Waals surface area (Å²) in [6, 6.07) is 18.9. The summed E-state index contributed by atoms with van der Waals surface area (Å²) in [5, 5.41) is 4.74. The molecule has 1 heterocycles. The number of imide groups is 1. The number of rotatable bonds is 8. The molecule has 4 rings (SSSR count). The molecule has 1 fully saturated rings. The highest BCUT2D eigenvalue weighted by Gasteiger charge is 2.36. The molecule has 1 saturated heterocycles. The van der Waals surface area contributed by atoms with Crippen LogP contribution in [0.4, 0.5) is 20.6 Å². The molecule has 1 aliphatic heterocycles. The quantitative estimate of drug-likeness (QED) is 0.383. The van der Waals surface area contributed by atoms with E-state index in [4.69, 9.17) is 16.3 Å². The van der Waals surface area contributed by atoms with Gasteiger partial charge in [-0.05, 0) is 65.9 Å². The number of halogens is 2. The van der Waals surface area contributed by atoms with E-state index in [2.05, 4.69) is 10.6 Å². The molecule has 0 bridgehead atoms. The van der Waals surface area contributed by atoms with Crippen molar-refractivity contribution in [2.45, 2.75) is 0 Å². The van der Waals surface area contributed by atoms with Gasteiger partial charge in [-0.15, -0.1) is 0 Å². The van der Waals surface area contributed by atoms with Crippen LogP contribution in [0, 0.1) is 5.82 Å². The zero-order chi connectivity index (χ0) is 26.4. The van der Waals surface area contributed by atoms with Crippen LogP contribution in [0.15, 0.2) is 77.7 Å². The van der Waals surface area contributed by atoms with E-state index in [0.717, 1.165) is 11.0 Å². The fourth-order valence-corrected chi connectivity index (χ4v) is 4.37. The van der Waals surface area contributed by atoms with Crippen molar-refractivity contribution in [3.63, 3.8) is 0 Å². The van der Waals surface area contributed by atoms with Gasteiger partial charge in [0.1, 0.15) is 18.1 Å². The first-order valence-electron chi connectivity index (χ1n) is 10.9.